The van der Waals surface area contributed by atoms with Crippen LogP contribution >= 0.6 is 15.9 Å². The van der Waals surface area contributed by atoms with Gasteiger partial charge in [0.25, 0.3) is 5.91 Å². The standard InChI is InChI=1S/C25H23BrN4O/c26-20-8-9-24-19(14-20)16-30(13-12-29(24)11-10-21-15-27-17-28-21)25(31)23-7-3-5-18-4-1-2-6-22(18)23/h1-9,14-15,17H,10-13,16H2,(H,27,28). The summed E-state index contributed by atoms with van der Waals surface area (Å²) in [5.74, 6) is 0.0816. The molecule has 1 aliphatic rings. The van der Waals surface area contributed by atoms with Crippen LogP contribution in [0.3, 0.4) is 0 Å². The molecule has 0 saturated carbocycles. The molecule has 2 heterocycles. The van der Waals surface area contributed by atoms with E-state index >= 15 is 0 Å². The summed E-state index contributed by atoms with van der Waals surface area (Å²) in [6.07, 6.45) is 4.47. The van der Waals surface area contributed by atoms with Crippen molar-refractivity contribution in [1.82, 2.24) is 14.9 Å². The quantitative estimate of drug-likeness (QED) is 0.451. The van der Waals surface area contributed by atoms with E-state index < -0.39 is 0 Å². The van der Waals surface area contributed by atoms with Gasteiger partial charge in [0.15, 0.2) is 0 Å². The Labute approximate surface area is 189 Å². The number of anilines is 1. The molecule has 3 aromatic carbocycles. The van der Waals surface area contributed by atoms with Crippen LogP contribution in [0.1, 0.15) is 21.6 Å². The van der Waals surface area contributed by atoms with Gasteiger partial charge in [-0.25, -0.2) is 4.98 Å². The maximum Gasteiger partial charge on any atom is 0.254 e. The highest BCUT2D eigenvalue weighted by Crippen LogP contribution is 2.30. The van der Waals surface area contributed by atoms with E-state index in [1.807, 2.05) is 41.4 Å². The molecule has 0 radical (unpaired) electrons. The molecule has 31 heavy (non-hydrogen) atoms. The Bertz CT molecular complexity index is 1220. The van der Waals surface area contributed by atoms with Crippen molar-refractivity contribution in [2.24, 2.45) is 0 Å². The van der Waals surface area contributed by atoms with Crippen molar-refractivity contribution in [3.05, 3.63) is 94.5 Å². The van der Waals surface area contributed by atoms with Crippen molar-refractivity contribution < 1.29 is 4.79 Å². The average molecular weight is 475 g/mol. The van der Waals surface area contributed by atoms with Crippen LogP contribution in [0.4, 0.5) is 5.69 Å². The van der Waals surface area contributed by atoms with Crippen molar-refractivity contribution in [3.63, 3.8) is 0 Å². The number of H-pyrrole nitrogens is 1. The molecule has 1 amide bonds. The number of nitrogens with one attached hydrogen (secondary N) is 1. The molecule has 5 nitrogen and oxygen atoms in total. The third kappa shape index (κ3) is 4.08. The van der Waals surface area contributed by atoms with Gasteiger partial charge in [-0.2, -0.15) is 0 Å². The highest BCUT2D eigenvalue weighted by Gasteiger charge is 2.25. The van der Waals surface area contributed by atoms with Gasteiger partial charge in [0.1, 0.15) is 0 Å². The molecule has 0 unspecified atom stereocenters. The Kier molecular flexibility index (Phi) is 5.47. The van der Waals surface area contributed by atoms with E-state index in [0.29, 0.717) is 13.1 Å². The Morgan fingerprint density at radius 3 is 2.81 bits per heavy atom. The van der Waals surface area contributed by atoms with Crippen molar-refractivity contribution in [2.75, 3.05) is 24.5 Å². The van der Waals surface area contributed by atoms with E-state index in [1.54, 1.807) is 6.33 Å². The fourth-order valence-corrected chi connectivity index (χ4v) is 4.71. The first-order valence-electron chi connectivity index (χ1n) is 10.5. The third-order valence-corrected chi connectivity index (χ3v) is 6.39. The average Bonchev–Trinajstić information content (AvgIpc) is 3.25. The van der Waals surface area contributed by atoms with Crippen LogP contribution in [0.25, 0.3) is 10.8 Å². The second kappa shape index (κ2) is 8.55. The number of fused-ring (bicyclic) bond motifs is 2. The minimum atomic E-state index is 0.0816. The lowest BCUT2D eigenvalue weighted by molar-refractivity contribution is 0.0753. The molecule has 0 spiro atoms. The number of aromatic amines is 1. The first-order valence-corrected chi connectivity index (χ1v) is 11.3. The van der Waals surface area contributed by atoms with Crippen LogP contribution < -0.4 is 4.90 Å². The van der Waals surface area contributed by atoms with E-state index in [2.05, 4.69) is 61.1 Å². The minimum Gasteiger partial charge on any atom is -0.369 e. The summed E-state index contributed by atoms with van der Waals surface area (Å²) in [5.41, 5.74) is 4.23. The van der Waals surface area contributed by atoms with E-state index in [1.165, 1.54) is 5.69 Å². The molecule has 0 aliphatic carbocycles. The zero-order valence-electron chi connectivity index (χ0n) is 17.1. The topological polar surface area (TPSA) is 52.2 Å². The van der Waals surface area contributed by atoms with Crippen molar-refractivity contribution in [2.45, 2.75) is 13.0 Å². The molecular formula is C25H23BrN4O. The highest BCUT2D eigenvalue weighted by atomic mass is 79.9. The number of carbonyl (C=O) groups excluding carboxylic acids is 1. The van der Waals surface area contributed by atoms with Gasteiger partial charge < -0.3 is 14.8 Å². The summed E-state index contributed by atoms with van der Waals surface area (Å²) in [7, 11) is 0. The Hall–Kier alpha value is -3.12. The molecule has 1 aromatic heterocycles. The molecule has 0 saturated heterocycles. The van der Waals surface area contributed by atoms with Crippen LogP contribution in [0, 0.1) is 0 Å². The first-order chi connectivity index (χ1) is 15.2. The van der Waals surface area contributed by atoms with Crippen LogP contribution in [0.15, 0.2) is 77.7 Å². The SMILES string of the molecule is O=C(c1cccc2ccccc12)N1CCN(CCc2cnc[nH]2)c2ccc(Br)cc2C1. The van der Waals surface area contributed by atoms with E-state index in [4.69, 9.17) is 0 Å². The van der Waals surface area contributed by atoms with Crippen LogP contribution in [-0.4, -0.2) is 40.4 Å². The van der Waals surface area contributed by atoms with Crippen LogP contribution in [0.5, 0.6) is 0 Å². The van der Waals surface area contributed by atoms with Gasteiger partial charge in [-0.1, -0.05) is 52.3 Å². The van der Waals surface area contributed by atoms with Crippen molar-refractivity contribution in [1.29, 1.82) is 0 Å². The van der Waals surface area contributed by atoms with Gasteiger partial charge in [-0.05, 0) is 40.6 Å². The maximum atomic E-state index is 13.6. The normalized spacial score (nSPS) is 13.8. The molecule has 6 heteroatoms. The number of hydrogen-bond donors (Lipinski definition) is 1. The van der Waals surface area contributed by atoms with Crippen LogP contribution in [-0.2, 0) is 13.0 Å². The molecule has 1 N–H and O–H groups in total. The number of hydrogen-bond acceptors (Lipinski definition) is 3. The van der Waals surface area contributed by atoms with Crippen molar-refractivity contribution >= 4 is 38.3 Å². The minimum absolute atomic E-state index is 0.0816. The smallest absolute Gasteiger partial charge is 0.254 e. The van der Waals surface area contributed by atoms with Gasteiger partial charge >= 0.3 is 0 Å². The maximum absolute atomic E-state index is 13.6. The summed E-state index contributed by atoms with van der Waals surface area (Å²) in [6, 6.07) is 20.4. The fourth-order valence-electron chi connectivity index (χ4n) is 4.30. The summed E-state index contributed by atoms with van der Waals surface area (Å²) >= 11 is 3.61. The number of nitrogens with zero attached hydrogens (tertiary/aromatic N) is 3. The van der Waals surface area contributed by atoms with E-state index in [0.717, 1.165) is 51.6 Å². The molecule has 0 atom stereocenters. The number of aromatic nitrogens is 2. The van der Waals surface area contributed by atoms with Gasteiger partial charge in [0, 0.05) is 60.2 Å². The Balaban J connectivity index is 1.45. The number of amides is 1. The van der Waals surface area contributed by atoms with Gasteiger partial charge in [-0.3, -0.25) is 4.79 Å². The van der Waals surface area contributed by atoms with Gasteiger partial charge in [0.05, 0.1) is 6.33 Å². The molecule has 0 fully saturated rings. The molecular weight excluding hydrogens is 452 g/mol. The predicted molar refractivity (Wildman–Crippen MR) is 127 cm³/mol. The predicted octanol–water partition coefficient (Wildman–Crippen LogP) is 5.03. The third-order valence-electron chi connectivity index (χ3n) is 5.90. The summed E-state index contributed by atoms with van der Waals surface area (Å²) < 4.78 is 1.03. The number of imidazole rings is 1. The molecule has 0 bridgehead atoms. The number of benzene rings is 3. The summed E-state index contributed by atoms with van der Waals surface area (Å²) in [5, 5.41) is 2.09. The second-order valence-corrected chi connectivity index (χ2v) is 8.76. The number of halogens is 1. The zero-order chi connectivity index (χ0) is 21.2. The molecule has 5 rings (SSSR count). The largest absolute Gasteiger partial charge is 0.369 e. The Morgan fingerprint density at radius 1 is 1.06 bits per heavy atom. The molecule has 156 valence electrons. The monoisotopic (exact) mass is 474 g/mol. The Morgan fingerprint density at radius 2 is 1.94 bits per heavy atom. The van der Waals surface area contributed by atoms with Crippen molar-refractivity contribution in [3.8, 4) is 0 Å². The lowest BCUT2D eigenvalue weighted by Gasteiger charge is -2.25. The highest BCUT2D eigenvalue weighted by molar-refractivity contribution is 9.10. The van der Waals surface area contributed by atoms with E-state index in [9.17, 15) is 4.79 Å². The van der Waals surface area contributed by atoms with Crippen LogP contribution in [0.2, 0.25) is 0 Å². The summed E-state index contributed by atoms with van der Waals surface area (Å²) in [4.78, 5) is 25.2. The number of carbonyl (C=O) groups is 1. The lowest BCUT2D eigenvalue weighted by atomic mass is 10.0. The summed E-state index contributed by atoms with van der Waals surface area (Å²) in [6.45, 7) is 2.93. The second-order valence-electron chi connectivity index (χ2n) is 7.84. The lowest BCUT2D eigenvalue weighted by Crippen LogP contribution is -2.36. The van der Waals surface area contributed by atoms with E-state index in [-0.39, 0.29) is 5.91 Å². The van der Waals surface area contributed by atoms with Gasteiger partial charge in [-0.15, -0.1) is 0 Å². The zero-order valence-corrected chi connectivity index (χ0v) is 18.7. The van der Waals surface area contributed by atoms with Gasteiger partial charge in [0.2, 0.25) is 0 Å². The molecule has 1 aliphatic heterocycles. The fraction of sp³-hybridized carbons (Fsp3) is 0.200. The molecule has 4 aromatic rings. The number of rotatable bonds is 4. The first kappa shape index (κ1) is 19.8.